The van der Waals surface area contributed by atoms with Gasteiger partial charge in [0.25, 0.3) is 0 Å². The molecule has 2 aliphatic heterocycles. The molecular weight excluding hydrogens is 671 g/mol. The zero-order valence-electron chi connectivity index (χ0n) is 29.8. The van der Waals surface area contributed by atoms with E-state index in [0.29, 0.717) is 45.3 Å². The molecule has 0 saturated heterocycles. The zero-order chi connectivity index (χ0) is 37.1. The van der Waals surface area contributed by atoms with E-state index in [4.69, 9.17) is 11.5 Å². The summed E-state index contributed by atoms with van der Waals surface area (Å²) in [4.78, 5) is 56.6. The minimum Gasteiger partial charge on any atom is -0.343 e. The molecule has 2 aliphatic rings. The van der Waals surface area contributed by atoms with Gasteiger partial charge in [0.2, 0.25) is 33.7 Å². The quantitative estimate of drug-likeness (QED) is 0.110. The lowest BCUT2D eigenvalue weighted by molar-refractivity contribution is -0.137. The van der Waals surface area contributed by atoms with Gasteiger partial charge in [-0.1, -0.05) is 74.5 Å². The molecular formula is C37H53N7O6S. The summed E-state index contributed by atoms with van der Waals surface area (Å²) in [6.45, 7) is 5.39. The molecule has 13 nitrogen and oxygen atoms in total. The highest BCUT2D eigenvalue weighted by molar-refractivity contribution is 7.88. The molecule has 14 heteroatoms. The van der Waals surface area contributed by atoms with Crippen LogP contribution in [0.3, 0.4) is 0 Å². The average molecular weight is 724 g/mol. The van der Waals surface area contributed by atoms with Crippen LogP contribution >= 0.6 is 0 Å². The highest BCUT2D eigenvalue weighted by atomic mass is 32.2. The smallest absolute Gasteiger partial charge is 0.245 e. The van der Waals surface area contributed by atoms with Crippen LogP contribution in [-0.2, 0) is 42.0 Å². The van der Waals surface area contributed by atoms with Crippen LogP contribution in [0, 0.1) is 5.92 Å². The van der Waals surface area contributed by atoms with E-state index in [9.17, 15) is 27.6 Å². The monoisotopic (exact) mass is 723 g/mol. The van der Waals surface area contributed by atoms with Crippen molar-refractivity contribution in [2.75, 3.05) is 39.0 Å². The molecule has 0 radical (unpaired) electrons. The molecule has 4 atom stereocenters. The van der Waals surface area contributed by atoms with Gasteiger partial charge in [-0.2, -0.15) is 4.31 Å². The molecule has 4 unspecified atom stereocenters. The van der Waals surface area contributed by atoms with Gasteiger partial charge in [0, 0.05) is 32.6 Å². The molecule has 4 amide bonds. The van der Waals surface area contributed by atoms with Crippen molar-refractivity contribution in [3.8, 4) is 0 Å². The van der Waals surface area contributed by atoms with Crippen molar-refractivity contribution in [3.63, 3.8) is 0 Å². The first-order chi connectivity index (χ1) is 24.2. The third-order valence-electron chi connectivity index (χ3n) is 9.23. The Hall–Kier alpha value is -4.11. The van der Waals surface area contributed by atoms with Gasteiger partial charge in [0.1, 0.15) is 18.1 Å². The third kappa shape index (κ3) is 11.7. The summed E-state index contributed by atoms with van der Waals surface area (Å²) in [5.41, 5.74) is 15.5. The molecule has 4 rings (SSSR count). The maximum Gasteiger partial charge on any atom is 0.245 e. The molecule has 2 aromatic carbocycles. The summed E-state index contributed by atoms with van der Waals surface area (Å²) in [6, 6.07) is 14.9. The van der Waals surface area contributed by atoms with Crippen LogP contribution in [0.2, 0.25) is 0 Å². The van der Waals surface area contributed by atoms with Crippen LogP contribution in [0.25, 0.3) is 0 Å². The maximum atomic E-state index is 13.9. The van der Waals surface area contributed by atoms with E-state index in [0.717, 1.165) is 22.3 Å². The summed E-state index contributed by atoms with van der Waals surface area (Å²) in [5.74, 6) is -1.79. The number of hydrogen-bond acceptors (Lipinski definition) is 8. The number of carbonyl (C=O) groups excluding carboxylic acids is 4. The first-order valence-electron chi connectivity index (χ1n) is 17.6. The first-order valence-corrected chi connectivity index (χ1v) is 19.5. The fraction of sp³-hybridized carbons (Fsp3) is 0.514. The van der Waals surface area contributed by atoms with Gasteiger partial charge < -0.3 is 32.3 Å². The Morgan fingerprint density at radius 1 is 0.725 bits per heavy atom. The number of sulfonamides is 1. The van der Waals surface area contributed by atoms with E-state index in [1.807, 2.05) is 74.5 Å². The van der Waals surface area contributed by atoms with Crippen molar-refractivity contribution < 1.29 is 27.6 Å². The largest absolute Gasteiger partial charge is 0.343 e. The lowest BCUT2D eigenvalue weighted by Gasteiger charge is -2.29. The SMILES string of the molecule is CC(C)CC(NC(=O)C(Cc1ccccc1)NC(=O)C(N)Cc1ccccc1)C(=O)NC(CCCCN)C(=O)N1CC2=C(C1)CN(S(C)(=O)=O)C2. The number of hydrogen-bond donors (Lipinski definition) is 5. The Labute approximate surface area is 301 Å². The number of benzene rings is 2. The fourth-order valence-corrected chi connectivity index (χ4v) is 7.23. The fourth-order valence-electron chi connectivity index (χ4n) is 6.45. The summed E-state index contributed by atoms with van der Waals surface area (Å²) >= 11 is 0. The Morgan fingerprint density at radius 2 is 1.24 bits per heavy atom. The second-order valence-corrected chi connectivity index (χ2v) is 16.0. The zero-order valence-corrected chi connectivity index (χ0v) is 30.7. The second-order valence-electron chi connectivity index (χ2n) is 14.0. The second kappa shape index (κ2) is 18.4. The van der Waals surface area contributed by atoms with Crippen molar-refractivity contribution >= 4 is 33.7 Å². The Bertz CT molecular complexity index is 1630. The van der Waals surface area contributed by atoms with Gasteiger partial charge in [0.05, 0.1) is 12.3 Å². The molecule has 0 aliphatic carbocycles. The van der Waals surface area contributed by atoms with E-state index >= 15 is 0 Å². The summed E-state index contributed by atoms with van der Waals surface area (Å²) in [6.07, 6.45) is 3.55. The lowest BCUT2D eigenvalue weighted by Crippen LogP contribution is -2.58. The number of rotatable bonds is 18. The number of nitrogens with two attached hydrogens (primary N) is 2. The van der Waals surface area contributed by atoms with Crippen molar-refractivity contribution in [2.45, 2.75) is 76.5 Å². The van der Waals surface area contributed by atoms with Crippen LogP contribution in [0.15, 0.2) is 71.8 Å². The van der Waals surface area contributed by atoms with Gasteiger partial charge in [-0.05, 0) is 66.8 Å². The van der Waals surface area contributed by atoms with Crippen LogP contribution in [0.4, 0.5) is 0 Å². The minimum atomic E-state index is -3.35. The molecule has 278 valence electrons. The molecule has 0 fully saturated rings. The molecule has 0 aromatic heterocycles. The predicted octanol–water partition coefficient (Wildman–Crippen LogP) is 0.843. The van der Waals surface area contributed by atoms with E-state index in [-0.39, 0.29) is 37.8 Å². The normalized spacial score (nSPS) is 17.1. The van der Waals surface area contributed by atoms with Crippen molar-refractivity contribution in [1.29, 1.82) is 0 Å². The molecule has 0 saturated carbocycles. The first kappa shape index (κ1) is 39.7. The van der Waals surface area contributed by atoms with E-state index in [1.54, 1.807) is 4.90 Å². The van der Waals surface area contributed by atoms with Crippen LogP contribution in [0.1, 0.15) is 50.7 Å². The van der Waals surface area contributed by atoms with E-state index in [2.05, 4.69) is 16.0 Å². The number of unbranched alkanes of at least 4 members (excludes halogenated alkanes) is 1. The lowest BCUT2D eigenvalue weighted by atomic mass is 9.99. The van der Waals surface area contributed by atoms with Gasteiger partial charge >= 0.3 is 0 Å². The Kier molecular flexibility index (Phi) is 14.3. The third-order valence-corrected chi connectivity index (χ3v) is 10.4. The highest BCUT2D eigenvalue weighted by Crippen LogP contribution is 2.28. The molecule has 51 heavy (non-hydrogen) atoms. The van der Waals surface area contributed by atoms with Crippen LogP contribution in [0.5, 0.6) is 0 Å². The summed E-state index contributed by atoms with van der Waals surface area (Å²) in [7, 11) is -3.35. The molecule has 7 N–H and O–H groups in total. The predicted molar refractivity (Wildman–Crippen MR) is 196 cm³/mol. The Morgan fingerprint density at radius 3 is 1.76 bits per heavy atom. The van der Waals surface area contributed by atoms with Crippen molar-refractivity contribution in [1.82, 2.24) is 25.2 Å². The van der Waals surface area contributed by atoms with Gasteiger partial charge in [0.15, 0.2) is 0 Å². The van der Waals surface area contributed by atoms with E-state index in [1.165, 1.54) is 10.6 Å². The number of nitrogens with one attached hydrogen (secondary N) is 3. The standard InChI is InChI=1S/C37H53N7O6S/c1-25(2)18-32(35(46)40-31(16-10-11-17-38)37(48)43-21-28-23-44(51(3,49)50)24-29(28)22-43)42-36(47)33(20-27-14-8-5-9-15-27)41-34(45)30(39)19-26-12-6-4-7-13-26/h4-9,12-15,25,30-33H,10-11,16-24,38-39H2,1-3H3,(H,40,46)(H,41,45)(H,42,47). The molecule has 0 spiro atoms. The van der Waals surface area contributed by atoms with Gasteiger partial charge in [-0.3, -0.25) is 19.2 Å². The Balaban J connectivity index is 1.47. The number of carbonyl (C=O) groups is 4. The maximum absolute atomic E-state index is 13.9. The highest BCUT2D eigenvalue weighted by Gasteiger charge is 2.38. The molecule has 2 aromatic rings. The van der Waals surface area contributed by atoms with Crippen LogP contribution in [-0.4, -0.2) is 104 Å². The average Bonchev–Trinajstić information content (AvgIpc) is 3.68. The number of nitrogens with zero attached hydrogens (tertiary/aromatic N) is 2. The molecule has 2 heterocycles. The topological polar surface area (TPSA) is 197 Å². The van der Waals surface area contributed by atoms with Crippen molar-refractivity contribution in [2.24, 2.45) is 17.4 Å². The van der Waals surface area contributed by atoms with Gasteiger partial charge in [-0.25, -0.2) is 8.42 Å². The van der Waals surface area contributed by atoms with Crippen LogP contribution < -0.4 is 27.4 Å². The molecule has 0 bridgehead atoms. The van der Waals surface area contributed by atoms with Crippen molar-refractivity contribution in [3.05, 3.63) is 82.9 Å². The summed E-state index contributed by atoms with van der Waals surface area (Å²) < 4.78 is 25.5. The minimum absolute atomic E-state index is 0.0115. The van der Waals surface area contributed by atoms with E-state index < -0.39 is 51.9 Å². The van der Waals surface area contributed by atoms with Gasteiger partial charge in [-0.15, -0.1) is 0 Å². The number of amides is 4. The summed E-state index contributed by atoms with van der Waals surface area (Å²) in [5, 5.41) is 8.61.